The zero-order valence-electron chi connectivity index (χ0n) is 20.1. The zero-order valence-corrected chi connectivity index (χ0v) is 20.1. The molecule has 5 rings (SSSR count). The second-order valence-corrected chi connectivity index (χ2v) is 9.07. The minimum Gasteiger partial charge on any atom is -0.383 e. The van der Waals surface area contributed by atoms with Crippen LogP contribution in [0.4, 0.5) is 17.5 Å². The number of nitrogens with two attached hydrogens (primary N) is 1. The summed E-state index contributed by atoms with van der Waals surface area (Å²) in [6.45, 7) is 8.43. The molecule has 0 spiro atoms. The summed E-state index contributed by atoms with van der Waals surface area (Å²) in [6.07, 6.45) is 7.10. The van der Waals surface area contributed by atoms with Crippen molar-refractivity contribution in [3.05, 3.63) is 66.1 Å². The normalized spacial score (nSPS) is 15.9. The number of piperidine rings is 1. The van der Waals surface area contributed by atoms with Gasteiger partial charge in [0, 0.05) is 30.2 Å². The van der Waals surface area contributed by atoms with Gasteiger partial charge in [0.2, 0.25) is 11.9 Å². The van der Waals surface area contributed by atoms with Crippen LogP contribution in [0.5, 0.6) is 0 Å². The van der Waals surface area contributed by atoms with Crippen LogP contribution in [0, 0.1) is 13.8 Å². The van der Waals surface area contributed by atoms with Gasteiger partial charge in [0.05, 0.1) is 16.8 Å². The highest BCUT2D eigenvalue weighted by molar-refractivity contribution is 5.91. The van der Waals surface area contributed by atoms with E-state index in [-0.39, 0.29) is 11.9 Å². The molecule has 180 valence electrons. The van der Waals surface area contributed by atoms with E-state index in [1.807, 2.05) is 60.0 Å². The molecule has 0 radical (unpaired) electrons. The Morgan fingerprint density at radius 1 is 1.26 bits per heavy atom. The molecule has 1 fully saturated rings. The third-order valence-electron chi connectivity index (χ3n) is 6.56. The summed E-state index contributed by atoms with van der Waals surface area (Å²) < 4.78 is 1.91. The Hall–Kier alpha value is -4.14. The van der Waals surface area contributed by atoms with Crippen LogP contribution in [0.2, 0.25) is 0 Å². The SMILES string of the molecule is C=CC(=O)N1CCCCC1Cc1c[nH]c2nc(Nc3ccc(-n4nc(C)cc4C)cc3)nc(N)c12. The lowest BCUT2D eigenvalue weighted by atomic mass is 9.95. The third-order valence-corrected chi connectivity index (χ3v) is 6.56. The van der Waals surface area contributed by atoms with E-state index < -0.39 is 0 Å². The van der Waals surface area contributed by atoms with Gasteiger partial charge in [0.1, 0.15) is 11.5 Å². The Morgan fingerprint density at radius 2 is 2.06 bits per heavy atom. The van der Waals surface area contributed by atoms with Crippen LogP contribution in [0.25, 0.3) is 16.7 Å². The standard InChI is InChI=1S/C26H30N8O/c1-4-22(35)33-12-6-5-7-21(33)14-18-15-28-25-23(18)24(27)30-26(31-25)29-19-8-10-20(11-9-19)34-17(3)13-16(2)32-34/h4,8-11,13,15,21H,1,5-7,12,14H2,2-3H3,(H4,27,28,29,30,31). The molecule has 1 aliphatic heterocycles. The highest BCUT2D eigenvalue weighted by atomic mass is 16.2. The van der Waals surface area contributed by atoms with Gasteiger partial charge in [0.25, 0.3) is 0 Å². The van der Waals surface area contributed by atoms with Crippen molar-refractivity contribution in [2.45, 2.75) is 45.6 Å². The van der Waals surface area contributed by atoms with Crippen LogP contribution in [0.3, 0.4) is 0 Å². The molecular formula is C26H30N8O. The lowest BCUT2D eigenvalue weighted by Gasteiger charge is -2.35. The van der Waals surface area contributed by atoms with Gasteiger partial charge in [-0.15, -0.1) is 0 Å². The lowest BCUT2D eigenvalue weighted by Crippen LogP contribution is -2.44. The fourth-order valence-electron chi connectivity index (χ4n) is 4.92. The molecule has 0 bridgehead atoms. The number of nitrogen functional groups attached to an aromatic ring is 1. The first kappa shape index (κ1) is 22.6. The van der Waals surface area contributed by atoms with Gasteiger partial charge in [0.15, 0.2) is 0 Å². The van der Waals surface area contributed by atoms with Gasteiger partial charge in [-0.1, -0.05) is 6.58 Å². The van der Waals surface area contributed by atoms with Gasteiger partial charge in [-0.25, -0.2) is 4.68 Å². The predicted molar refractivity (Wildman–Crippen MR) is 138 cm³/mol. The van der Waals surface area contributed by atoms with E-state index in [4.69, 9.17) is 5.73 Å². The summed E-state index contributed by atoms with van der Waals surface area (Å²) in [7, 11) is 0. The molecule has 1 unspecified atom stereocenters. The molecule has 4 aromatic rings. The maximum Gasteiger partial charge on any atom is 0.246 e. The van der Waals surface area contributed by atoms with E-state index in [9.17, 15) is 4.79 Å². The van der Waals surface area contributed by atoms with Crippen LogP contribution < -0.4 is 11.1 Å². The molecule has 1 saturated heterocycles. The van der Waals surface area contributed by atoms with Crippen molar-refractivity contribution < 1.29 is 4.79 Å². The van der Waals surface area contributed by atoms with Crippen molar-refractivity contribution in [3.8, 4) is 5.69 Å². The van der Waals surface area contributed by atoms with E-state index >= 15 is 0 Å². The molecule has 4 N–H and O–H groups in total. The van der Waals surface area contributed by atoms with Gasteiger partial charge in [-0.3, -0.25) is 4.79 Å². The summed E-state index contributed by atoms with van der Waals surface area (Å²) in [5.41, 5.74) is 12.0. The topological polar surface area (TPSA) is 118 Å². The van der Waals surface area contributed by atoms with E-state index in [1.165, 1.54) is 6.08 Å². The highest BCUT2D eigenvalue weighted by Crippen LogP contribution is 2.29. The maximum atomic E-state index is 12.3. The van der Waals surface area contributed by atoms with Gasteiger partial charge < -0.3 is 20.9 Å². The molecule has 0 aliphatic carbocycles. The first-order valence-corrected chi connectivity index (χ1v) is 11.9. The molecule has 9 heteroatoms. The van der Waals surface area contributed by atoms with Crippen molar-refractivity contribution in [1.82, 2.24) is 29.6 Å². The fraction of sp³-hybridized carbons (Fsp3) is 0.308. The molecule has 1 amide bonds. The number of carbonyl (C=O) groups is 1. The largest absolute Gasteiger partial charge is 0.383 e. The number of hydrogen-bond donors (Lipinski definition) is 3. The zero-order chi connectivity index (χ0) is 24.5. The maximum absolute atomic E-state index is 12.3. The molecule has 35 heavy (non-hydrogen) atoms. The number of rotatable bonds is 6. The van der Waals surface area contributed by atoms with Crippen molar-refractivity contribution in [2.24, 2.45) is 0 Å². The van der Waals surface area contributed by atoms with Crippen LogP contribution in [0.15, 0.2) is 49.2 Å². The van der Waals surface area contributed by atoms with Crippen molar-refractivity contribution in [1.29, 1.82) is 0 Å². The number of hydrogen-bond acceptors (Lipinski definition) is 6. The molecule has 4 heterocycles. The summed E-state index contributed by atoms with van der Waals surface area (Å²) in [5, 5.41) is 8.58. The van der Waals surface area contributed by atoms with Crippen LogP contribution in [-0.2, 0) is 11.2 Å². The molecule has 1 aliphatic rings. The summed E-state index contributed by atoms with van der Waals surface area (Å²) in [4.78, 5) is 26.6. The number of anilines is 3. The second-order valence-electron chi connectivity index (χ2n) is 9.07. The number of fused-ring (bicyclic) bond motifs is 1. The highest BCUT2D eigenvalue weighted by Gasteiger charge is 2.26. The van der Waals surface area contributed by atoms with Crippen LogP contribution in [0.1, 0.15) is 36.2 Å². The number of aryl methyl sites for hydroxylation is 2. The van der Waals surface area contributed by atoms with Gasteiger partial charge in [-0.2, -0.15) is 15.1 Å². The molecule has 0 saturated carbocycles. The average Bonchev–Trinajstić information content (AvgIpc) is 3.41. The first-order valence-electron chi connectivity index (χ1n) is 11.9. The Kier molecular flexibility index (Phi) is 5.98. The molecule has 1 atom stereocenters. The number of likely N-dealkylation sites (tertiary alicyclic amines) is 1. The molecule has 9 nitrogen and oxygen atoms in total. The smallest absolute Gasteiger partial charge is 0.246 e. The lowest BCUT2D eigenvalue weighted by molar-refractivity contribution is -0.129. The third kappa shape index (κ3) is 4.49. The average molecular weight is 471 g/mol. The summed E-state index contributed by atoms with van der Waals surface area (Å²) in [6, 6.07) is 10.1. The van der Waals surface area contributed by atoms with Gasteiger partial charge in [-0.05, 0) is 81.5 Å². The van der Waals surface area contributed by atoms with Crippen molar-refractivity contribution in [3.63, 3.8) is 0 Å². The van der Waals surface area contributed by atoms with Crippen molar-refractivity contribution >= 4 is 34.4 Å². The van der Waals surface area contributed by atoms with Gasteiger partial charge >= 0.3 is 0 Å². The number of aromatic nitrogens is 5. The fourth-order valence-corrected chi connectivity index (χ4v) is 4.92. The summed E-state index contributed by atoms with van der Waals surface area (Å²) in [5.74, 6) is 0.808. The number of aromatic amines is 1. The van der Waals surface area contributed by atoms with E-state index in [0.29, 0.717) is 23.8 Å². The second kappa shape index (κ2) is 9.25. The number of benzene rings is 1. The molecular weight excluding hydrogens is 440 g/mol. The minimum atomic E-state index is -0.0193. The number of H-pyrrole nitrogens is 1. The first-order chi connectivity index (χ1) is 16.9. The number of amides is 1. The van der Waals surface area contributed by atoms with Crippen LogP contribution in [-0.4, -0.2) is 48.1 Å². The predicted octanol–water partition coefficient (Wildman–Crippen LogP) is 4.20. The van der Waals surface area contributed by atoms with Crippen LogP contribution >= 0.6 is 0 Å². The Morgan fingerprint density at radius 3 is 2.77 bits per heavy atom. The molecule has 3 aromatic heterocycles. The summed E-state index contributed by atoms with van der Waals surface area (Å²) >= 11 is 0. The Balaban J connectivity index is 1.35. The Bertz CT molecular complexity index is 1380. The number of nitrogens with one attached hydrogen (secondary N) is 2. The Labute approximate surface area is 204 Å². The van der Waals surface area contributed by atoms with E-state index in [2.05, 4.69) is 31.9 Å². The van der Waals surface area contributed by atoms with E-state index in [1.54, 1.807) is 0 Å². The quantitative estimate of drug-likeness (QED) is 0.364. The van der Waals surface area contributed by atoms with Crippen molar-refractivity contribution in [2.75, 3.05) is 17.6 Å². The minimum absolute atomic E-state index is 0.0193. The van der Waals surface area contributed by atoms with E-state index in [0.717, 1.165) is 59.5 Å². The number of carbonyl (C=O) groups excluding carboxylic acids is 1. The number of nitrogens with zero attached hydrogens (tertiary/aromatic N) is 5. The monoisotopic (exact) mass is 470 g/mol. The molecule has 1 aromatic carbocycles.